The zero-order valence-electron chi connectivity index (χ0n) is 11.2. The van der Waals surface area contributed by atoms with Crippen molar-refractivity contribution in [2.75, 3.05) is 5.73 Å². The SMILES string of the molecule is Nc1c(C2CCCC2)[nH]n(Cc2cccc(Cl)c2)c1=O. The lowest BCUT2D eigenvalue weighted by Gasteiger charge is -2.07. The molecule has 0 amide bonds. The standard InChI is InChI=1S/C15H18ClN3O/c16-12-7-3-4-10(8-12)9-19-15(20)13(17)14(18-19)11-5-1-2-6-11/h3-4,7-8,11,18H,1-2,5-6,9,17H2. The lowest BCUT2D eigenvalue weighted by atomic mass is 10.0. The first-order valence-corrected chi connectivity index (χ1v) is 7.35. The predicted octanol–water partition coefficient (Wildman–Crippen LogP) is 3.12. The van der Waals surface area contributed by atoms with E-state index >= 15 is 0 Å². The maximum absolute atomic E-state index is 12.2. The maximum atomic E-state index is 12.2. The van der Waals surface area contributed by atoms with Gasteiger partial charge in [-0.05, 0) is 30.5 Å². The molecule has 1 aliphatic rings. The third-order valence-electron chi connectivity index (χ3n) is 4.01. The Morgan fingerprint density at radius 1 is 1.35 bits per heavy atom. The molecule has 1 heterocycles. The predicted molar refractivity (Wildman–Crippen MR) is 81.2 cm³/mol. The number of H-pyrrole nitrogens is 1. The van der Waals surface area contributed by atoms with Crippen LogP contribution in [0, 0.1) is 0 Å². The van der Waals surface area contributed by atoms with Crippen LogP contribution in [0.4, 0.5) is 5.69 Å². The Morgan fingerprint density at radius 3 is 2.80 bits per heavy atom. The quantitative estimate of drug-likeness (QED) is 0.912. The van der Waals surface area contributed by atoms with Crippen LogP contribution >= 0.6 is 11.6 Å². The highest BCUT2D eigenvalue weighted by Gasteiger charge is 2.23. The number of halogens is 1. The fraction of sp³-hybridized carbons (Fsp3) is 0.400. The molecule has 0 spiro atoms. The molecule has 1 saturated carbocycles. The first kappa shape index (κ1) is 13.3. The van der Waals surface area contributed by atoms with Crippen molar-refractivity contribution >= 4 is 17.3 Å². The normalized spacial score (nSPS) is 15.8. The minimum atomic E-state index is -0.133. The van der Waals surface area contributed by atoms with Crippen molar-refractivity contribution in [3.63, 3.8) is 0 Å². The molecule has 0 bridgehead atoms. The molecule has 1 aliphatic carbocycles. The van der Waals surface area contributed by atoms with Gasteiger partial charge in [0.25, 0.3) is 5.56 Å². The van der Waals surface area contributed by atoms with E-state index in [-0.39, 0.29) is 5.56 Å². The number of nitrogens with one attached hydrogen (secondary N) is 1. The second-order valence-electron chi connectivity index (χ2n) is 5.44. The van der Waals surface area contributed by atoms with E-state index in [0.717, 1.165) is 24.1 Å². The summed E-state index contributed by atoms with van der Waals surface area (Å²) < 4.78 is 1.58. The zero-order valence-corrected chi connectivity index (χ0v) is 12.0. The van der Waals surface area contributed by atoms with Crippen molar-refractivity contribution < 1.29 is 0 Å². The second-order valence-corrected chi connectivity index (χ2v) is 5.88. The lowest BCUT2D eigenvalue weighted by Crippen LogP contribution is -2.19. The molecule has 1 aromatic heterocycles. The van der Waals surface area contributed by atoms with Crippen LogP contribution in [0.25, 0.3) is 0 Å². The van der Waals surface area contributed by atoms with Crippen molar-refractivity contribution in [2.24, 2.45) is 0 Å². The Balaban J connectivity index is 1.90. The average molecular weight is 292 g/mol. The molecule has 106 valence electrons. The molecule has 0 aliphatic heterocycles. The topological polar surface area (TPSA) is 63.8 Å². The largest absolute Gasteiger partial charge is 0.393 e. The van der Waals surface area contributed by atoms with Gasteiger partial charge in [0.15, 0.2) is 0 Å². The Morgan fingerprint density at radius 2 is 2.10 bits per heavy atom. The van der Waals surface area contributed by atoms with Gasteiger partial charge in [0, 0.05) is 10.9 Å². The molecule has 20 heavy (non-hydrogen) atoms. The fourth-order valence-electron chi connectivity index (χ4n) is 2.97. The Hall–Kier alpha value is -1.68. The van der Waals surface area contributed by atoms with Crippen molar-refractivity contribution in [3.05, 3.63) is 50.9 Å². The summed E-state index contributed by atoms with van der Waals surface area (Å²) in [6.07, 6.45) is 4.65. The highest BCUT2D eigenvalue weighted by atomic mass is 35.5. The average Bonchev–Trinajstić information content (AvgIpc) is 3.03. The summed E-state index contributed by atoms with van der Waals surface area (Å²) in [6, 6.07) is 7.51. The van der Waals surface area contributed by atoms with Crippen LogP contribution < -0.4 is 11.3 Å². The summed E-state index contributed by atoms with van der Waals surface area (Å²) >= 11 is 5.97. The van der Waals surface area contributed by atoms with E-state index < -0.39 is 0 Å². The monoisotopic (exact) mass is 291 g/mol. The third kappa shape index (κ3) is 2.48. The fourth-order valence-corrected chi connectivity index (χ4v) is 3.18. The molecule has 4 nitrogen and oxygen atoms in total. The number of aromatic nitrogens is 2. The van der Waals surface area contributed by atoms with Crippen LogP contribution in [0.3, 0.4) is 0 Å². The molecule has 3 N–H and O–H groups in total. The van der Waals surface area contributed by atoms with Crippen LogP contribution in [-0.4, -0.2) is 9.78 Å². The summed E-state index contributed by atoms with van der Waals surface area (Å²) in [7, 11) is 0. The number of nitrogens with zero attached hydrogens (tertiary/aromatic N) is 1. The number of hydrogen-bond donors (Lipinski definition) is 2. The van der Waals surface area contributed by atoms with Gasteiger partial charge in [-0.25, -0.2) is 4.68 Å². The van der Waals surface area contributed by atoms with Gasteiger partial charge in [0.1, 0.15) is 5.69 Å². The number of nitrogen functional groups attached to an aromatic ring is 1. The summed E-state index contributed by atoms with van der Waals surface area (Å²) in [5.74, 6) is 0.406. The molecule has 5 heteroatoms. The highest BCUT2D eigenvalue weighted by molar-refractivity contribution is 6.30. The number of hydrogen-bond acceptors (Lipinski definition) is 2. The van der Waals surface area contributed by atoms with Gasteiger partial charge in [-0.15, -0.1) is 0 Å². The number of aromatic amines is 1. The van der Waals surface area contributed by atoms with Crippen LogP contribution in [-0.2, 0) is 6.54 Å². The van der Waals surface area contributed by atoms with Crippen LogP contribution in [0.5, 0.6) is 0 Å². The summed E-state index contributed by atoms with van der Waals surface area (Å²) in [5.41, 5.74) is 8.11. The Labute approximate surface area is 122 Å². The molecule has 1 fully saturated rings. The highest BCUT2D eigenvalue weighted by Crippen LogP contribution is 2.34. The van der Waals surface area contributed by atoms with Crippen LogP contribution in [0.2, 0.25) is 5.02 Å². The zero-order chi connectivity index (χ0) is 14.1. The van der Waals surface area contributed by atoms with E-state index in [9.17, 15) is 4.79 Å². The molecule has 0 atom stereocenters. The molecule has 0 unspecified atom stereocenters. The van der Waals surface area contributed by atoms with Crippen LogP contribution in [0.15, 0.2) is 29.1 Å². The lowest BCUT2D eigenvalue weighted by molar-refractivity contribution is 0.618. The van der Waals surface area contributed by atoms with Gasteiger partial charge in [-0.2, -0.15) is 0 Å². The van der Waals surface area contributed by atoms with Crippen molar-refractivity contribution in [2.45, 2.75) is 38.1 Å². The van der Waals surface area contributed by atoms with E-state index in [0.29, 0.717) is 23.2 Å². The maximum Gasteiger partial charge on any atom is 0.290 e. The third-order valence-corrected chi connectivity index (χ3v) is 4.25. The smallest absolute Gasteiger partial charge is 0.290 e. The van der Waals surface area contributed by atoms with Gasteiger partial charge < -0.3 is 5.73 Å². The Kier molecular flexibility index (Phi) is 3.57. The van der Waals surface area contributed by atoms with E-state index in [1.807, 2.05) is 24.3 Å². The summed E-state index contributed by atoms with van der Waals surface area (Å²) in [6.45, 7) is 0.469. The van der Waals surface area contributed by atoms with E-state index in [1.165, 1.54) is 12.8 Å². The van der Waals surface area contributed by atoms with Gasteiger partial charge >= 0.3 is 0 Å². The van der Waals surface area contributed by atoms with E-state index in [4.69, 9.17) is 17.3 Å². The first-order chi connectivity index (χ1) is 9.65. The molecular weight excluding hydrogens is 274 g/mol. The molecule has 0 saturated heterocycles. The Bertz CT molecular complexity index is 668. The minimum absolute atomic E-state index is 0.133. The minimum Gasteiger partial charge on any atom is -0.393 e. The van der Waals surface area contributed by atoms with Crippen molar-refractivity contribution in [1.29, 1.82) is 0 Å². The van der Waals surface area contributed by atoms with Gasteiger partial charge in [0.2, 0.25) is 0 Å². The molecule has 0 radical (unpaired) electrons. The van der Waals surface area contributed by atoms with Gasteiger partial charge in [-0.1, -0.05) is 36.6 Å². The molecule has 2 aromatic rings. The molecular formula is C15H18ClN3O. The number of anilines is 1. The van der Waals surface area contributed by atoms with E-state index in [2.05, 4.69) is 5.10 Å². The molecule has 3 rings (SSSR count). The van der Waals surface area contributed by atoms with Crippen LogP contribution in [0.1, 0.15) is 42.9 Å². The van der Waals surface area contributed by atoms with Gasteiger partial charge in [-0.3, -0.25) is 9.89 Å². The summed E-state index contributed by atoms with van der Waals surface area (Å²) in [4.78, 5) is 12.2. The van der Waals surface area contributed by atoms with E-state index in [1.54, 1.807) is 4.68 Å². The molecule has 1 aromatic carbocycles. The number of nitrogens with two attached hydrogens (primary N) is 1. The number of benzene rings is 1. The summed E-state index contributed by atoms with van der Waals surface area (Å²) in [5, 5.41) is 3.87. The van der Waals surface area contributed by atoms with Crippen molar-refractivity contribution in [1.82, 2.24) is 9.78 Å². The number of rotatable bonds is 3. The first-order valence-electron chi connectivity index (χ1n) is 6.98. The second kappa shape index (κ2) is 5.37. The van der Waals surface area contributed by atoms with Gasteiger partial charge in [0.05, 0.1) is 12.2 Å². The van der Waals surface area contributed by atoms with Crippen molar-refractivity contribution in [3.8, 4) is 0 Å².